The van der Waals surface area contributed by atoms with Gasteiger partial charge in [0.15, 0.2) is 5.17 Å². The van der Waals surface area contributed by atoms with Crippen LogP contribution in [0.3, 0.4) is 0 Å². The van der Waals surface area contributed by atoms with Crippen molar-refractivity contribution in [1.29, 1.82) is 0 Å². The average Bonchev–Trinajstić information content (AvgIpc) is 2.61. The Hall–Kier alpha value is -2.48. The number of aromatic nitrogens is 1. The van der Waals surface area contributed by atoms with E-state index >= 15 is 0 Å². The standard InChI is InChI=1S/C21H23F2N3O2S/c1-20(2,3)28-19(27)25-18-26-21(4,9-11-29-18)13-7-8-16(22)15(12-13)14-6-5-10-24-17(14)23/h5-8,10,12H,9,11H2,1-4H3,(H,25,26,27)/t21-/m0/s1. The first kappa shape index (κ1) is 21.2. The monoisotopic (exact) mass is 419 g/mol. The van der Waals surface area contributed by atoms with Crippen LogP contribution >= 0.6 is 11.8 Å². The molecular weight excluding hydrogens is 396 g/mol. The van der Waals surface area contributed by atoms with Gasteiger partial charge in [-0.05, 0) is 63.9 Å². The molecule has 8 heteroatoms. The average molecular weight is 419 g/mol. The number of carbonyl (C=O) groups excluding carboxylic acids is 1. The Balaban J connectivity index is 1.92. The minimum Gasteiger partial charge on any atom is -0.444 e. The van der Waals surface area contributed by atoms with Crippen LogP contribution in [0.5, 0.6) is 0 Å². The smallest absolute Gasteiger partial charge is 0.413 e. The Morgan fingerprint density at radius 3 is 2.69 bits per heavy atom. The Morgan fingerprint density at radius 1 is 1.24 bits per heavy atom. The molecule has 1 amide bonds. The highest BCUT2D eigenvalue weighted by atomic mass is 32.2. The number of carbonyl (C=O) groups is 1. The molecule has 1 N–H and O–H groups in total. The third kappa shape index (κ3) is 5.12. The first-order chi connectivity index (χ1) is 13.6. The van der Waals surface area contributed by atoms with Gasteiger partial charge in [-0.2, -0.15) is 4.39 Å². The van der Waals surface area contributed by atoms with Crippen LogP contribution in [-0.2, 0) is 10.3 Å². The Bertz CT molecular complexity index is 959. The fourth-order valence-corrected chi connectivity index (χ4v) is 4.09. The minimum atomic E-state index is -0.733. The van der Waals surface area contributed by atoms with Gasteiger partial charge in [-0.3, -0.25) is 10.3 Å². The maximum Gasteiger partial charge on any atom is 0.413 e. The highest BCUT2D eigenvalue weighted by Gasteiger charge is 2.32. The molecule has 0 aliphatic carbocycles. The van der Waals surface area contributed by atoms with Crippen LogP contribution in [0.1, 0.15) is 39.7 Å². The maximum absolute atomic E-state index is 14.4. The van der Waals surface area contributed by atoms with Crippen molar-refractivity contribution >= 4 is 23.0 Å². The van der Waals surface area contributed by atoms with Crippen molar-refractivity contribution in [3.63, 3.8) is 0 Å². The molecule has 2 aromatic rings. The number of benzene rings is 1. The van der Waals surface area contributed by atoms with Gasteiger partial charge < -0.3 is 4.74 Å². The Morgan fingerprint density at radius 2 is 2.00 bits per heavy atom. The van der Waals surface area contributed by atoms with Gasteiger partial charge in [-0.1, -0.05) is 17.8 Å². The Kier molecular flexibility index (Phi) is 5.93. The number of halogens is 2. The van der Waals surface area contributed by atoms with Crippen molar-refractivity contribution in [2.24, 2.45) is 4.99 Å². The van der Waals surface area contributed by atoms with Gasteiger partial charge in [-0.15, -0.1) is 0 Å². The van der Waals surface area contributed by atoms with Crippen LogP contribution in [0.25, 0.3) is 11.1 Å². The summed E-state index contributed by atoms with van der Waals surface area (Å²) in [5.41, 5.74) is -0.369. The molecule has 1 aromatic heterocycles. The first-order valence-electron chi connectivity index (χ1n) is 9.21. The van der Waals surface area contributed by atoms with Gasteiger partial charge in [0, 0.05) is 23.1 Å². The largest absolute Gasteiger partial charge is 0.444 e. The predicted molar refractivity (Wildman–Crippen MR) is 111 cm³/mol. The van der Waals surface area contributed by atoms with E-state index in [0.717, 1.165) is 5.56 Å². The number of thioether (sulfide) groups is 1. The van der Waals surface area contributed by atoms with Gasteiger partial charge in [0.05, 0.1) is 5.54 Å². The van der Waals surface area contributed by atoms with Crippen molar-refractivity contribution in [1.82, 2.24) is 10.3 Å². The number of amidine groups is 1. The van der Waals surface area contributed by atoms with E-state index in [9.17, 15) is 13.6 Å². The van der Waals surface area contributed by atoms with E-state index in [1.807, 2.05) is 6.92 Å². The van der Waals surface area contributed by atoms with Crippen molar-refractivity contribution in [3.05, 3.63) is 53.9 Å². The molecule has 154 valence electrons. The van der Waals surface area contributed by atoms with Crippen molar-refractivity contribution < 1.29 is 18.3 Å². The van der Waals surface area contributed by atoms with Crippen molar-refractivity contribution in [3.8, 4) is 11.1 Å². The molecule has 0 spiro atoms. The quantitative estimate of drug-likeness (QED) is 0.675. The lowest BCUT2D eigenvalue weighted by Gasteiger charge is -2.31. The van der Waals surface area contributed by atoms with Gasteiger partial charge in [0.1, 0.15) is 11.4 Å². The third-order valence-electron chi connectivity index (χ3n) is 4.42. The summed E-state index contributed by atoms with van der Waals surface area (Å²) in [5.74, 6) is -0.562. The zero-order valence-electron chi connectivity index (χ0n) is 16.8. The number of nitrogens with zero attached hydrogens (tertiary/aromatic N) is 2. The highest BCUT2D eigenvalue weighted by Crippen LogP contribution is 2.38. The van der Waals surface area contributed by atoms with Crippen LogP contribution in [0.15, 0.2) is 41.5 Å². The molecule has 0 saturated carbocycles. The van der Waals surface area contributed by atoms with E-state index in [1.54, 1.807) is 39.0 Å². The molecular formula is C21H23F2N3O2S. The van der Waals surface area contributed by atoms with Crippen LogP contribution < -0.4 is 5.32 Å². The second kappa shape index (κ2) is 8.10. The summed E-state index contributed by atoms with van der Waals surface area (Å²) in [6, 6.07) is 7.59. The number of pyridine rings is 1. The molecule has 1 aliphatic heterocycles. The first-order valence-corrected chi connectivity index (χ1v) is 10.2. The maximum atomic E-state index is 14.4. The molecule has 0 bridgehead atoms. The lowest BCUT2D eigenvalue weighted by atomic mass is 9.88. The molecule has 0 unspecified atom stereocenters. The number of nitrogens with one attached hydrogen (secondary N) is 1. The summed E-state index contributed by atoms with van der Waals surface area (Å²) in [6.07, 6.45) is 1.42. The van der Waals surface area contributed by atoms with E-state index in [2.05, 4.69) is 15.3 Å². The fourth-order valence-electron chi connectivity index (χ4n) is 2.98. The SMILES string of the molecule is CC(C)(C)OC(=O)NC1=N[C@](C)(c2ccc(F)c(-c3cccnc3F)c2)CCS1. The molecule has 0 radical (unpaired) electrons. The van der Waals surface area contributed by atoms with Gasteiger partial charge in [0.2, 0.25) is 5.95 Å². The van der Waals surface area contributed by atoms with E-state index in [0.29, 0.717) is 17.3 Å². The number of alkyl carbamates (subject to hydrolysis) is 1. The number of ether oxygens (including phenoxy) is 1. The number of hydrogen-bond donors (Lipinski definition) is 1. The second-order valence-corrected chi connectivity index (χ2v) is 9.04. The van der Waals surface area contributed by atoms with Crippen molar-refractivity contribution in [2.45, 2.75) is 45.3 Å². The molecule has 1 aliphatic rings. The van der Waals surface area contributed by atoms with E-state index in [-0.39, 0.29) is 11.1 Å². The van der Waals surface area contributed by atoms with Crippen LogP contribution in [-0.4, -0.2) is 27.6 Å². The van der Waals surface area contributed by atoms with E-state index in [1.165, 1.54) is 30.1 Å². The minimum absolute atomic E-state index is 0.0942. The predicted octanol–water partition coefficient (Wildman–Crippen LogP) is 5.26. The number of amides is 1. The topological polar surface area (TPSA) is 63.6 Å². The molecule has 3 rings (SSSR count). The highest BCUT2D eigenvalue weighted by molar-refractivity contribution is 8.13. The second-order valence-electron chi connectivity index (χ2n) is 7.95. The zero-order chi connectivity index (χ0) is 21.2. The fraction of sp³-hybridized carbons (Fsp3) is 0.381. The van der Waals surface area contributed by atoms with Crippen LogP contribution in [0, 0.1) is 11.8 Å². The van der Waals surface area contributed by atoms with Crippen molar-refractivity contribution in [2.75, 3.05) is 5.75 Å². The summed E-state index contributed by atoms with van der Waals surface area (Å²) in [4.78, 5) is 20.4. The van der Waals surface area contributed by atoms with E-state index < -0.39 is 29.0 Å². The number of rotatable bonds is 2. The molecule has 2 heterocycles. The number of aliphatic imine (C=N–C) groups is 1. The molecule has 0 saturated heterocycles. The normalized spacial score (nSPS) is 19.4. The van der Waals surface area contributed by atoms with Gasteiger partial charge in [-0.25, -0.2) is 14.2 Å². The van der Waals surface area contributed by atoms with Crippen LogP contribution in [0.2, 0.25) is 0 Å². The molecule has 5 nitrogen and oxygen atoms in total. The molecule has 29 heavy (non-hydrogen) atoms. The molecule has 1 atom stereocenters. The molecule has 0 fully saturated rings. The van der Waals surface area contributed by atoms with E-state index in [4.69, 9.17) is 4.74 Å². The van der Waals surface area contributed by atoms with Gasteiger partial charge >= 0.3 is 6.09 Å². The summed E-state index contributed by atoms with van der Waals surface area (Å²) in [7, 11) is 0. The number of hydrogen-bond acceptors (Lipinski definition) is 5. The third-order valence-corrected chi connectivity index (χ3v) is 5.30. The Labute approximate surface area is 173 Å². The summed E-state index contributed by atoms with van der Waals surface area (Å²) in [6.45, 7) is 7.25. The summed E-state index contributed by atoms with van der Waals surface area (Å²) in [5, 5.41) is 3.11. The lowest BCUT2D eigenvalue weighted by molar-refractivity contribution is 0.0564. The summed E-state index contributed by atoms with van der Waals surface area (Å²) >= 11 is 1.41. The lowest BCUT2D eigenvalue weighted by Crippen LogP contribution is -2.38. The molecule has 1 aromatic carbocycles. The zero-order valence-corrected chi connectivity index (χ0v) is 17.6. The summed E-state index contributed by atoms with van der Waals surface area (Å²) < 4.78 is 33.8. The van der Waals surface area contributed by atoms with Gasteiger partial charge in [0.25, 0.3) is 0 Å². The van der Waals surface area contributed by atoms with Crippen LogP contribution in [0.4, 0.5) is 13.6 Å².